The van der Waals surface area contributed by atoms with Gasteiger partial charge in [-0.3, -0.25) is 4.79 Å². The minimum absolute atomic E-state index is 0.0448. The van der Waals surface area contributed by atoms with Gasteiger partial charge in [0.15, 0.2) is 5.78 Å². The van der Waals surface area contributed by atoms with Gasteiger partial charge >= 0.3 is 5.97 Å². The second-order valence-electron chi connectivity index (χ2n) is 2.14. The first-order chi connectivity index (χ1) is 4.70. The lowest BCUT2D eigenvalue weighted by molar-refractivity contribution is -0.139. The number of hydrogen-bond acceptors (Lipinski definition) is 3. The van der Waals surface area contributed by atoms with E-state index in [-0.39, 0.29) is 5.78 Å². The normalized spacial score (nSPS) is 17.7. The zero-order valence-electron chi connectivity index (χ0n) is 5.72. The Morgan fingerprint density at radius 3 is 2.80 bits per heavy atom. The molecule has 0 amide bonds. The van der Waals surface area contributed by atoms with E-state index in [1.807, 2.05) is 0 Å². The summed E-state index contributed by atoms with van der Waals surface area (Å²) in [4.78, 5) is 21.2. The lowest BCUT2D eigenvalue weighted by Crippen LogP contribution is -2.14. The highest BCUT2D eigenvalue weighted by Gasteiger charge is 2.12. The van der Waals surface area contributed by atoms with Crippen LogP contribution in [-0.2, 0) is 14.3 Å². The maximum absolute atomic E-state index is 10.7. The summed E-state index contributed by atoms with van der Waals surface area (Å²) < 4.78 is 4.59. The number of hydrogen-bond donors (Lipinski definition) is 0. The Kier molecular flexibility index (Phi) is 1.85. The van der Waals surface area contributed by atoms with Crippen LogP contribution in [-0.4, -0.2) is 18.4 Å². The number of Topliss-reactive ketones (excluding diaryl/α,β-unsaturated/α-hetero) is 1. The molecule has 0 aromatic heterocycles. The third-order valence-corrected chi connectivity index (χ3v) is 1.36. The minimum atomic E-state index is -0.406. The summed E-state index contributed by atoms with van der Waals surface area (Å²) in [7, 11) is 0. The van der Waals surface area contributed by atoms with E-state index in [9.17, 15) is 9.59 Å². The highest BCUT2D eigenvalue weighted by Crippen LogP contribution is 2.08. The number of carbonyl (C=O) groups is 2. The molecule has 1 aliphatic heterocycles. The van der Waals surface area contributed by atoms with Crippen molar-refractivity contribution in [1.82, 2.24) is 0 Å². The number of esters is 1. The molecule has 0 radical (unpaired) electrons. The van der Waals surface area contributed by atoms with Gasteiger partial charge in [-0.2, -0.15) is 0 Å². The van der Waals surface area contributed by atoms with Gasteiger partial charge in [0, 0.05) is 18.1 Å². The lowest BCUT2D eigenvalue weighted by atomic mass is 10.1. The van der Waals surface area contributed by atoms with Gasteiger partial charge in [0.2, 0.25) is 0 Å². The van der Waals surface area contributed by atoms with Crippen LogP contribution in [0.25, 0.3) is 0 Å². The van der Waals surface area contributed by atoms with E-state index in [2.05, 4.69) is 4.74 Å². The highest BCUT2D eigenvalue weighted by atomic mass is 16.5. The van der Waals surface area contributed by atoms with Crippen LogP contribution in [0.3, 0.4) is 0 Å². The van der Waals surface area contributed by atoms with E-state index >= 15 is 0 Å². The summed E-state index contributed by atoms with van der Waals surface area (Å²) in [6.45, 7) is 1.79. The number of cyclic esters (lactones) is 1. The van der Waals surface area contributed by atoms with Gasteiger partial charge in [-0.1, -0.05) is 0 Å². The van der Waals surface area contributed by atoms with E-state index in [0.29, 0.717) is 18.6 Å². The van der Waals surface area contributed by atoms with Gasteiger partial charge in [-0.05, 0) is 6.92 Å². The van der Waals surface area contributed by atoms with Gasteiger partial charge in [0.25, 0.3) is 0 Å². The zero-order valence-corrected chi connectivity index (χ0v) is 5.72. The van der Waals surface area contributed by atoms with E-state index in [1.54, 1.807) is 0 Å². The molecule has 0 fully saturated rings. The molecule has 0 aromatic rings. The third-order valence-electron chi connectivity index (χ3n) is 1.36. The SMILES string of the molecule is CC(=O)C1=CC(=O)OCC1. The van der Waals surface area contributed by atoms with Crippen LogP contribution in [0.1, 0.15) is 13.3 Å². The van der Waals surface area contributed by atoms with Crippen molar-refractivity contribution in [2.45, 2.75) is 13.3 Å². The van der Waals surface area contributed by atoms with Crippen LogP contribution in [0.2, 0.25) is 0 Å². The lowest BCUT2D eigenvalue weighted by Gasteiger charge is -2.09. The fourth-order valence-electron chi connectivity index (χ4n) is 0.795. The van der Waals surface area contributed by atoms with Crippen molar-refractivity contribution in [2.24, 2.45) is 0 Å². The predicted molar refractivity (Wildman–Crippen MR) is 34.3 cm³/mol. The summed E-state index contributed by atoms with van der Waals surface area (Å²) >= 11 is 0. The molecule has 0 aliphatic carbocycles. The Bertz CT molecular complexity index is 203. The molecule has 0 N–H and O–H groups in total. The van der Waals surface area contributed by atoms with E-state index < -0.39 is 5.97 Å². The van der Waals surface area contributed by atoms with Gasteiger partial charge in [0.1, 0.15) is 0 Å². The fraction of sp³-hybridized carbons (Fsp3) is 0.429. The van der Waals surface area contributed by atoms with Crippen molar-refractivity contribution in [3.05, 3.63) is 11.6 Å². The molecule has 3 heteroatoms. The highest BCUT2D eigenvalue weighted by molar-refractivity contribution is 6.00. The molecule has 1 rings (SSSR count). The van der Waals surface area contributed by atoms with E-state index in [1.165, 1.54) is 13.0 Å². The smallest absolute Gasteiger partial charge is 0.331 e. The molecule has 0 atom stereocenters. The van der Waals surface area contributed by atoms with Crippen molar-refractivity contribution in [1.29, 1.82) is 0 Å². The summed E-state index contributed by atoms with van der Waals surface area (Å²) in [5.41, 5.74) is 0.566. The second-order valence-corrected chi connectivity index (χ2v) is 2.14. The Labute approximate surface area is 58.7 Å². The average Bonchev–Trinajstić information content (AvgIpc) is 1.88. The summed E-state index contributed by atoms with van der Waals surface area (Å²) in [6, 6.07) is 0. The zero-order chi connectivity index (χ0) is 7.56. The second kappa shape index (κ2) is 2.64. The topological polar surface area (TPSA) is 43.4 Å². The van der Waals surface area contributed by atoms with Crippen LogP contribution in [0.15, 0.2) is 11.6 Å². The largest absolute Gasteiger partial charge is 0.462 e. The van der Waals surface area contributed by atoms with Crippen LogP contribution in [0.4, 0.5) is 0 Å². The standard InChI is InChI=1S/C7H8O3/c1-5(8)6-2-3-10-7(9)4-6/h4H,2-3H2,1H3. The van der Waals surface area contributed by atoms with Gasteiger partial charge < -0.3 is 4.74 Å². The molecule has 0 bridgehead atoms. The number of carbonyl (C=O) groups excluding carboxylic acids is 2. The van der Waals surface area contributed by atoms with Crippen molar-refractivity contribution >= 4 is 11.8 Å². The monoisotopic (exact) mass is 140 g/mol. The summed E-state index contributed by atoms with van der Waals surface area (Å²) in [5.74, 6) is -0.451. The molecule has 10 heavy (non-hydrogen) atoms. The van der Waals surface area contributed by atoms with Crippen LogP contribution in [0, 0.1) is 0 Å². The molecule has 0 aromatic carbocycles. The molecule has 0 saturated carbocycles. The molecule has 3 nitrogen and oxygen atoms in total. The maximum atomic E-state index is 10.7. The molecule has 1 aliphatic rings. The van der Waals surface area contributed by atoms with E-state index in [0.717, 1.165) is 0 Å². The molecule has 0 saturated heterocycles. The first-order valence-corrected chi connectivity index (χ1v) is 3.08. The van der Waals surface area contributed by atoms with Crippen molar-refractivity contribution in [2.75, 3.05) is 6.61 Å². The van der Waals surface area contributed by atoms with Gasteiger partial charge in [-0.15, -0.1) is 0 Å². The molecular formula is C7H8O3. The number of ketones is 1. The molecule has 0 unspecified atom stereocenters. The predicted octanol–water partition coefficient (Wildman–Crippen LogP) is 0.449. The number of rotatable bonds is 1. The molecule has 0 spiro atoms. The average molecular weight is 140 g/mol. The molecular weight excluding hydrogens is 132 g/mol. The fourth-order valence-corrected chi connectivity index (χ4v) is 0.795. The molecule has 1 heterocycles. The van der Waals surface area contributed by atoms with Gasteiger partial charge in [0.05, 0.1) is 6.61 Å². The summed E-state index contributed by atoms with van der Waals surface area (Å²) in [6.07, 6.45) is 1.81. The van der Waals surface area contributed by atoms with Crippen molar-refractivity contribution < 1.29 is 14.3 Å². The van der Waals surface area contributed by atoms with Crippen LogP contribution in [0.5, 0.6) is 0 Å². The first-order valence-electron chi connectivity index (χ1n) is 3.08. The minimum Gasteiger partial charge on any atom is -0.462 e. The van der Waals surface area contributed by atoms with E-state index in [4.69, 9.17) is 0 Å². The Morgan fingerprint density at radius 1 is 1.70 bits per heavy atom. The quantitative estimate of drug-likeness (QED) is 0.496. The third kappa shape index (κ3) is 1.43. The Hall–Kier alpha value is -1.12. The van der Waals surface area contributed by atoms with Crippen LogP contribution >= 0.6 is 0 Å². The molecule has 54 valence electrons. The Morgan fingerprint density at radius 2 is 2.40 bits per heavy atom. The Balaban J connectivity index is 2.75. The van der Waals surface area contributed by atoms with Gasteiger partial charge in [-0.25, -0.2) is 4.79 Å². The number of ether oxygens (including phenoxy) is 1. The first kappa shape index (κ1) is 6.99. The van der Waals surface area contributed by atoms with Crippen LogP contribution < -0.4 is 0 Å². The maximum Gasteiger partial charge on any atom is 0.331 e. The van der Waals surface area contributed by atoms with Crippen molar-refractivity contribution in [3.8, 4) is 0 Å². The summed E-state index contributed by atoms with van der Waals surface area (Å²) in [5, 5.41) is 0. The van der Waals surface area contributed by atoms with Crippen molar-refractivity contribution in [3.63, 3.8) is 0 Å².